The van der Waals surface area contributed by atoms with Crippen LogP contribution < -0.4 is 10.2 Å². The standard InChI is InChI=1S/C22H28N4O3/c27-20(17-7-2-1-3-8-17)15-18-16-29-14-13-26(18)22(28)24-19-9-6-10-23-21(19)25-11-4-5-12-25/h1-3,6-10,18,20,27H,4-5,11-16H2,(H,24,28). The van der Waals surface area contributed by atoms with E-state index in [-0.39, 0.29) is 12.1 Å². The van der Waals surface area contributed by atoms with Crippen LogP contribution in [0.15, 0.2) is 48.7 Å². The van der Waals surface area contributed by atoms with Crippen molar-refractivity contribution in [3.05, 3.63) is 54.2 Å². The van der Waals surface area contributed by atoms with E-state index in [1.807, 2.05) is 42.5 Å². The van der Waals surface area contributed by atoms with Gasteiger partial charge in [0.25, 0.3) is 0 Å². The normalized spacial score (nSPS) is 20.5. The molecule has 2 N–H and O–H groups in total. The van der Waals surface area contributed by atoms with Crippen molar-refractivity contribution in [2.24, 2.45) is 0 Å². The Bertz CT molecular complexity index is 811. The number of aliphatic hydroxyl groups is 1. The Labute approximate surface area is 171 Å². The maximum Gasteiger partial charge on any atom is 0.322 e. The van der Waals surface area contributed by atoms with Crippen molar-refractivity contribution >= 4 is 17.5 Å². The molecule has 0 saturated carbocycles. The number of nitrogens with one attached hydrogen (secondary N) is 1. The van der Waals surface area contributed by atoms with Gasteiger partial charge >= 0.3 is 6.03 Å². The molecule has 1 aromatic heterocycles. The minimum atomic E-state index is -0.642. The predicted octanol–water partition coefficient (Wildman–Crippen LogP) is 3.04. The summed E-state index contributed by atoms with van der Waals surface area (Å²) >= 11 is 0. The lowest BCUT2D eigenvalue weighted by Crippen LogP contribution is -2.51. The molecule has 0 bridgehead atoms. The van der Waals surface area contributed by atoms with Crippen LogP contribution in [0, 0.1) is 0 Å². The summed E-state index contributed by atoms with van der Waals surface area (Å²) in [5, 5.41) is 13.7. The summed E-state index contributed by atoms with van der Waals surface area (Å²) in [6.45, 7) is 3.34. The Morgan fingerprint density at radius 2 is 1.97 bits per heavy atom. The fraction of sp³-hybridized carbons (Fsp3) is 0.455. The highest BCUT2D eigenvalue weighted by atomic mass is 16.5. The first-order valence-corrected chi connectivity index (χ1v) is 10.3. The molecule has 0 radical (unpaired) electrons. The highest BCUT2D eigenvalue weighted by Crippen LogP contribution is 2.28. The van der Waals surface area contributed by atoms with Crippen LogP contribution in [0.5, 0.6) is 0 Å². The zero-order chi connectivity index (χ0) is 20.1. The Morgan fingerprint density at radius 1 is 1.17 bits per heavy atom. The van der Waals surface area contributed by atoms with Gasteiger partial charge in [0, 0.05) is 32.3 Å². The van der Waals surface area contributed by atoms with Crippen LogP contribution >= 0.6 is 0 Å². The van der Waals surface area contributed by atoms with Crippen molar-refractivity contribution < 1.29 is 14.6 Å². The Kier molecular flexibility index (Phi) is 6.27. The summed E-state index contributed by atoms with van der Waals surface area (Å²) in [4.78, 5) is 21.6. The molecule has 2 atom stereocenters. The van der Waals surface area contributed by atoms with Gasteiger partial charge in [-0.25, -0.2) is 9.78 Å². The molecule has 154 valence electrons. The van der Waals surface area contributed by atoms with Crippen molar-refractivity contribution in [3.8, 4) is 0 Å². The monoisotopic (exact) mass is 396 g/mol. The smallest absolute Gasteiger partial charge is 0.322 e. The summed E-state index contributed by atoms with van der Waals surface area (Å²) in [7, 11) is 0. The van der Waals surface area contributed by atoms with E-state index in [1.165, 1.54) is 0 Å². The summed E-state index contributed by atoms with van der Waals surface area (Å²) < 4.78 is 5.60. The molecule has 2 saturated heterocycles. The third-order valence-corrected chi connectivity index (χ3v) is 5.60. The second kappa shape index (κ2) is 9.24. The number of hydrogen-bond acceptors (Lipinski definition) is 5. The first-order chi connectivity index (χ1) is 14.2. The van der Waals surface area contributed by atoms with Crippen molar-refractivity contribution in [3.63, 3.8) is 0 Å². The molecular weight excluding hydrogens is 368 g/mol. The van der Waals surface area contributed by atoms with Gasteiger partial charge in [0.1, 0.15) is 0 Å². The summed E-state index contributed by atoms with van der Waals surface area (Å²) in [6, 6.07) is 12.9. The van der Waals surface area contributed by atoms with E-state index in [4.69, 9.17) is 4.74 Å². The van der Waals surface area contributed by atoms with Crippen LogP contribution in [0.1, 0.15) is 30.9 Å². The van der Waals surface area contributed by atoms with Gasteiger partial charge in [0.15, 0.2) is 5.82 Å². The number of ether oxygens (including phenoxy) is 1. The Hall–Kier alpha value is -2.64. The molecule has 2 aliphatic heterocycles. The number of carbonyl (C=O) groups excluding carboxylic acids is 1. The number of morpholine rings is 1. The topological polar surface area (TPSA) is 77.9 Å². The first kappa shape index (κ1) is 19.7. The summed E-state index contributed by atoms with van der Waals surface area (Å²) in [6.07, 6.45) is 3.84. The maximum absolute atomic E-state index is 13.1. The molecule has 3 heterocycles. The van der Waals surface area contributed by atoms with Gasteiger partial charge < -0.3 is 25.0 Å². The molecule has 1 aromatic carbocycles. The fourth-order valence-electron chi connectivity index (χ4n) is 4.05. The molecule has 2 amide bonds. The van der Waals surface area contributed by atoms with Gasteiger partial charge in [-0.2, -0.15) is 0 Å². The second-order valence-corrected chi connectivity index (χ2v) is 7.58. The van der Waals surface area contributed by atoms with Crippen LogP contribution in [0.3, 0.4) is 0 Å². The van der Waals surface area contributed by atoms with Crippen LogP contribution in [0.2, 0.25) is 0 Å². The minimum absolute atomic E-state index is 0.174. The first-order valence-electron chi connectivity index (χ1n) is 10.3. The summed E-state index contributed by atoms with van der Waals surface area (Å²) in [5.41, 5.74) is 1.58. The third-order valence-electron chi connectivity index (χ3n) is 5.60. The molecule has 2 aliphatic rings. The van der Waals surface area contributed by atoms with Gasteiger partial charge in [-0.15, -0.1) is 0 Å². The number of hydrogen-bond donors (Lipinski definition) is 2. The quantitative estimate of drug-likeness (QED) is 0.812. The lowest BCUT2D eigenvalue weighted by molar-refractivity contribution is -0.00427. The number of pyridine rings is 1. The van der Waals surface area contributed by atoms with Crippen LogP contribution in [-0.4, -0.2) is 59.9 Å². The van der Waals surface area contributed by atoms with Gasteiger partial charge in [0.2, 0.25) is 0 Å². The number of rotatable bonds is 5. The van der Waals surface area contributed by atoms with Crippen molar-refractivity contribution in [2.45, 2.75) is 31.4 Å². The zero-order valence-electron chi connectivity index (χ0n) is 16.5. The van der Waals surface area contributed by atoms with E-state index >= 15 is 0 Å². The van der Waals surface area contributed by atoms with E-state index < -0.39 is 6.10 Å². The second-order valence-electron chi connectivity index (χ2n) is 7.58. The van der Waals surface area contributed by atoms with Crippen LogP contribution in [0.25, 0.3) is 0 Å². The average molecular weight is 396 g/mol. The number of urea groups is 1. The van der Waals surface area contributed by atoms with E-state index in [2.05, 4.69) is 15.2 Å². The molecular formula is C22H28N4O3. The average Bonchev–Trinajstić information content (AvgIpc) is 3.30. The molecule has 7 heteroatoms. The molecule has 0 spiro atoms. The number of amides is 2. The molecule has 4 rings (SSSR count). The van der Waals surface area contributed by atoms with Crippen molar-refractivity contribution in [1.29, 1.82) is 0 Å². The number of nitrogens with zero attached hydrogens (tertiary/aromatic N) is 3. The molecule has 2 unspecified atom stereocenters. The van der Waals surface area contributed by atoms with E-state index in [1.54, 1.807) is 11.1 Å². The molecule has 29 heavy (non-hydrogen) atoms. The minimum Gasteiger partial charge on any atom is -0.388 e. The molecule has 2 fully saturated rings. The number of aliphatic hydroxyl groups excluding tert-OH is 1. The van der Waals surface area contributed by atoms with Gasteiger partial charge in [-0.1, -0.05) is 30.3 Å². The third kappa shape index (κ3) is 4.68. The SMILES string of the molecule is O=C(Nc1cccnc1N1CCCC1)N1CCOCC1CC(O)c1ccccc1. The molecule has 0 aliphatic carbocycles. The van der Waals surface area contributed by atoms with Gasteiger partial charge in [-0.3, -0.25) is 0 Å². The lowest BCUT2D eigenvalue weighted by Gasteiger charge is -2.36. The fourth-order valence-corrected chi connectivity index (χ4v) is 4.05. The zero-order valence-corrected chi connectivity index (χ0v) is 16.5. The predicted molar refractivity (Wildman–Crippen MR) is 112 cm³/mol. The van der Waals surface area contributed by atoms with E-state index in [9.17, 15) is 9.90 Å². The largest absolute Gasteiger partial charge is 0.388 e. The van der Waals surface area contributed by atoms with Crippen LogP contribution in [-0.2, 0) is 4.74 Å². The molecule has 2 aromatic rings. The Morgan fingerprint density at radius 3 is 2.76 bits per heavy atom. The number of aromatic nitrogens is 1. The van der Waals surface area contributed by atoms with E-state index in [0.29, 0.717) is 26.2 Å². The van der Waals surface area contributed by atoms with Crippen molar-refractivity contribution in [1.82, 2.24) is 9.88 Å². The number of anilines is 2. The lowest BCUT2D eigenvalue weighted by atomic mass is 10.0. The van der Waals surface area contributed by atoms with Crippen molar-refractivity contribution in [2.75, 3.05) is 43.1 Å². The van der Waals surface area contributed by atoms with Gasteiger partial charge in [0.05, 0.1) is 31.0 Å². The van der Waals surface area contributed by atoms with Crippen LogP contribution in [0.4, 0.5) is 16.3 Å². The number of benzene rings is 1. The number of carbonyl (C=O) groups is 1. The summed E-state index contributed by atoms with van der Waals surface area (Å²) in [5.74, 6) is 0.826. The highest BCUT2D eigenvalue weighted by Gasteiger charge is 2.30. The Balaban J connectivity index is 1.45. The highest BCUT2D eigenvalue weighted by molar-refractivity contribution is 5.92. The van der Waals surface area contributed by atoms with E-state index in [0.717, 1.165) is 43.0 Å². The van der Waals surface area contributed by atoms with Gasteiger partial charge in [-0.05, 0) is 30.5 Å². The maximum atomic E-state index is 13.1. The molecule has 7 nitrogen and oxygen atoms in total.